The second-order valence-corrected chi connectivity index (χ2v) is 6.36. The summed E-state index contributed by atoms with van der Waals surface area (Å²) in [5, 5.41) is 7.49. The first kappa shape index (κ1) is 12.6. The number of rotatable bonds is 2. The molecule has 0 saturated carbocycles. The highest BCUT2D eigenvalue weighted by atomic mass is 16.5. The molecule has 2 atom stereocenters. The third kappa shape index (κ3) is 3.28. The van der Waals surface area contributed by atoms with Gasteiger partial charge in [-0.25, -0.2) is 0 Å². The molecule has 0 bridgehead atoms. The zero-order chi connectivity index (χ0) is 12.5. The van der Waals surface area contributed by atoms with Gasteiger partial charge in [-0.1, -0.05) is 32.9 Å². The molecule has 1 aromatic rings. The first-order valence-electron chi connectivity index (χ1n) is 6.49. The largest absolute Gasteiger partial charge is 0.339 e. The van der Waals surface area contributed by atoms with Crippen LogP contribution in [0, 0.1) is 11.3 Å². The Morgan fingerprint density at radius 2 is 2.18 bits per heavy atom. The number of nitrogens with zero attached hydrogens (tertiary/aromatic N) is 2. The highest BCUT2D eigenvalue weighted by molar-refractivity contribution is 4.99. The molecule has 1 aliphatic heterocycles. The fourth-order valence-electron chi connectivity index (χ4n) is 2.35. The van der Waals surface area contributed by atoms with Gasteiger partial charge in [0.05, 0.1) is 0 Å². The van der Waals surface area contributed by atoms with Crippen molar-refractivity contribution in [2.75, 3.05) is 13.1 Å². The molecule has 0 amide bonds. The molecular formula is C13H23N3O. The van der Waals surface area contributed by atoms with Crippen LogP contribution in [0.1, 0.15) is 51.7 Å². The predicted molar refractivity (Wildman–Crippen MR) is 66.8 cm³/mol. The van der Waals surface area contributed by atoms with Gasteiger partial charge in [-0.05, 0) is 30.8 Å². The Kier molecular flexibility index (Phi) is 3.52. The minimum Gasteiger partial charge on any atom is -0.339 e. The highest BCUT2D eigenvalue weighted by Gasteiger charge is 2.28. The number of piperidine rings is 1. The Bertz CT molecular complexity index is 367. The zero-order valence-electron chi connectivity index (χ0n) is 11.3. The molecule has 1 saturated heterocycles. The first-order valence-corrected chi connectivity index (χ1v) is 6.49. The van der Waals surface area contributed by atoms with Crippen LogP contribution in [0.2, 0.25) is 0 Å². The van der Waals surface area contributed by atoms with E-state index in [-0.39, 0.29) is 5.41 Å². The molecule has 2 heterocycles. The summed E-state index contributed by atoms with van der Waals surface area (Å²) in [4.78, 5) is 4.56. The van der Waals surface area contributed by atoms with Crippen LogP contribution in [-0.2, 0) is 6.42 Å². The lowest BCUT2D eigenvalue weighted by Crippen LogP contribution is -2.33. The van der Waals surface area contributed by atoms with Crippen LogP contribution in [0.15, 0.2) is 4.52 Å². The van der Waals surface area contributed by atoms with Crippen LogP contribution < -0.4 is 5.32 Å². The lowest BCUT2D eigenvalue weighted by molar-refractivity contribution is 0.268. The molecular weight excluding hydrogens is 214 g/mol. The molecule has 4 nitrogen and oxygen atoms in total. The van der Waals surface area contributed by atoms with Crippen molar-refractivity contribution >= 4 is 0 Å². The molecule has 4 heteroatoms. The zero-order valence-corrected chi connectivity index (χ0v) is 11.3. The topological polar surface area (TPSA) is 51.0 Å². The average molecular weight is 237 g/mol. The van der Waals surface area contributed by atoms with Gasteiger partial charge in [0.1, 0.15) is 0 Å². The minimum absolute atomic E-state index is 0.209. The number of hydrogen-bond donors (Lipinski definition) is 1. The third-order valence-corrected chi connectivity index (χ3v) is 3.27. The fourth-order valence-corrected chi connectivity index (χ4v) is 2.35. The molecule has 1 aliphatic rings. The molecule has 2 rings (SSSR count). The van der Waals surface area contributed by atoms with Gasteiger partial charge < -0.3 is 9.84 Å². The van der Waals surface area contributed by atoms with Gasteiger partial charge >= 0.3 is 0 Å². The van der Waals surface area contributed by atoms with Crippen molar-refractivity contribution in [2.45, 2.75) is 46.5 Å². The summed E-state index contributed by atoms with van der Waals surface area (Å²) in [6.45, 7) is 10.9. The maximum absolute atomic E-state index is 5.43. The molecule has 2 unspecified atom stereocenters. The van der Waals surface area contributed by atoms with Gasteiger partial charge in [0, 0.05) is 12.3 Å². The lowest BCUT2D eigenvalue weighted by Gasteiger charge is -2.26. The van der Waals surface area contributed by atoms with Gasteiger partial charge in [0.15, 0.2) is 5.82 Å². The monoisotopic (exact) mass is 237 g/mol. The third-order valence-electron chi connectivity index (χ3n) is 3.27. The fraction of sp³-hybridized carbons (Fsp3) is 0.846. The van der Waals surface area contributed by atoms with Crippen molar-refractivity contribution in [3.8, 4) is 0 Å². The van der Waals surface area contributed by atoms with E-state index in [4.69, 9.17) is 4.52 Å². The van der Waals surface area contributed by atoms with Crippen LogP contribution in [0.5, 0.6) is 0 Å². The van der Waals surface area contributed by atoms with Gasteiger partial charge in [-0.15, -0.1) is 0 Å². The summed E-state index contributed by atoms with van der Waals surface area (Å²) < 4.78 is 5.43. The van der Waals surface area contributed by atoms with Crippen molar-refractivity contribution in [3.05, 3.63) is 11.7 Å². The summed E-state index contributed by atoms with van der Waals surface area (Å²) in [6.07, 6.45) is 1.97. The second-order valence-electron chi connectivity index (χ2n) is 6.36. The molecule has 96 valence electrons. The maximum atomic E-state index is 5.43. The standard InChI is InChI=1S/C13H23N3O/c1-9-8-14-6-5-10(9)12-15-11(16-17-12)7-13(2,3)4/h9-10,14H,5-8H2,1-4H3. The first-order chi connectivity index (χ1) is 7.96. The quantitative estimate of drug-likeness (QED) is 0.858. The van der Waals surface area contributed by atoms with Crippen molar-refractivity contribution in [1.82, 2.24) is 15.5 Å². The highest BCUT2D eigenvalue weighted by Crippen LogP contribution is 2.29. The Labute approximate surface area is 103 Å². The van der Waals surface area contributed by atoms with Crippen molar-refractivity contribution in [1.29, 1.82) is 0 Å². The smallest absolute Gasteiger partial charge is 0.230 e. The SMILES string of the molecule is CC1CNCCC1c1nc(CC(C)(C)C)no1. The number of aromatic nitrogens is 2. The van der Waals surface area contributed by atoms with Gasteiger partial charge in [0.2, 0.25) is 5.89 Å². The van der Waals surface area contributed by atoms with E-state index in [1.54, 1.807) is 0 Å². The van der Waals surface area contributed by atoms with E-state index >= 15 is 0 Å². The van der Waals surface area contributed by atoms with Gasteiger partial charge in [-0.3, -0.25) is 0 Å². The van der Waals surface area contributed by atoms with Crippen molar-refractivity contribution < 1.29 is 4.52 Å². The predicted octanol–water partition coefficient (Wildman–Crippen LogP) is 2.37. The van der Waals surface area contributed by atoms with Crippen LogP contribution in [-0.4, -0.2) is 23.2 Å². The lowest BCUT2D eigenvalue weighted by atomic mass is 9.88. The number of hydrogen-bond acceptors (Lipinski definition) is 4. The molecule has 17 heavy (non-hydrogen) atoms. The Hall–Kier alpha value is -0.900. The molecule has 1 aromatic heterocycles. The number of nitrogens with one attached hydrogen (secondary N) is 1. The molecule has 1 N–H and O–H groups in total. The Morgan fingerprint density at radius 3 is 2.82 bits per heavy atom. The Morgan fingerprint density at radius 1 is 1.41 bits per heavy atom. The van der Waals surface area contributed by atoms with Crippen LogP contribution in [0.3, 0.4) is 0 Å². The van der Waals surface area contributed by atoms with E-state index in [1.807, 2.05) is 0 Å². The van der Waals surface area contributed by atoms with E-state index < -0.39 is 0 Å². The van der Waals surface area contributed by atoms with Crippen molar-refractivity contribution in [3.63, 3.8) is 0 Å². The van der Waals surface area contributed by atoms with E-state index in [0.29, 0.717) is 11.8 Å². The molecule has 0 aliphatic carbocycles. The Balaban J connectivity index is 2.07. The summed E-state index contributed by atoms with van der Waals surface area (Å²) in [5.41, 5.74) is 0.209. The van der Waals surface area contributed by atoms with Gasteiger partial charge in [-0.2, -0.15) is 4.98 Å². The molecule has 0 aromatic carbocycles. The maximum Gasteiger partial charge on any atom is 0.230 e. The van der Waals surface area contributed by atoms with E-state index in [0.717, 1.165) is 37.6 Å². The van der Waals surface area contributed by atoms with Gasteiger partial charge in [0.25, 0.3) is 0 Å². The van der Waals surface area contributed by atoms with E-state index in [9.17, 15) is 0 Å². The van der Waals surface area contributed by atoms with Crippen molar-refractivity contribution in [2.24, 2.45) is 11.3 Å². The summed E-state index contributed by atoms with van der Waals surface area (Å²) in [7, 11) is 0. The molecule has 0 spiro atoms. The molecule has 0 radical (unpaired) electrons. The minimum atomic E-state index is 0.209. The normalized spacial score (nSPS) is 26.1. The van der Waals surface area contributed by atoms with Crippen LogP contribution in [0.25, 0.3) is 0 Å². The van der Waals surface area contributed by atoms with Crippen LogP contribution in [0.4, 0.5) is 0 Å². The summed E-state index contributed by atoms with van der Waals surface area (Å²) in [5.74, 6) is 2.68. The van der Waals surface area contributed by atoms with E-state index in [2.05, 4.69) is 43.2 Å². The second kappa shape index (κ2) is 4.77. The summed E-state index contributed by atoms with van der Waals surface area (Å²) >= 11 is 0. The molecule has 1 fully saturated rings. The van der Waals surface area contributed by atoms with Crippen LogP contribution >= 0.6 is 0 Å². The average Bonchev–Trinajstić information content (AvgIpc) is 2.64. The van der Waals surface area contributed by atoms with E-state index in [1.165, 1.54) is 0 Å². The summed E-state index contributed by atoms with van der Waals surface area (Å²) in [6, 6.07) is 0.